The second-order valence-electron chi connectivity index (χ2n) is 3.77. The molecule has 0 aromatic heterocycles. The number of urea groups is 1. The largest absolute Gasteiger partial charge is 0.338 e. The lowest BCUT2D eigenvalue weighted by atomic mass is 10.3. The molecular formula is C9H18N2O2S. The number of hydrogen-bond donors (Lipinski definition) is 2. The standard InChI is InChI=1S/C9H18N2O2S/c1-7(14(2)13)5-6-10-9(12)11-8-3-4-8/h7-8H,3-6H2,1-2H3,(H2,10,11,12). The molecule has 0 aliphatic heterocycles. The molecule has 0 spiro atoms. The van der Waals surface area contributed by atoms with Gasteiger partial charge in [0, 0.05) is 34.9 Å². The summed E-state index contributed by atoms with van der Waals surface area (Å²) in [4.78, 5) is 11.1. The zero-order valence-corrected chi connectivity index (χ0v) is 9.52. The molecule has 0 aromatic carbocycles. The summed E-state index contributed by atoms with van der Waals surface area (Å²) < 4.78 is 11.0. The molecule has 2 unspecified atom stereocenters. The highest BCUT2D eigenvalue weighted by Gasteiger charge is 2.22. The average molecular weight is 218 g/mol. The summed E-state index contributed by atoms with van der Waals surface area (Å²) in [6.45, 7) is 2.52. The van der Waals surface area contributed by atoms with Crippen LogP contribution in [-0.2, 0) is 10.8 Å². The van der Waals surface area contributed by atoms with E-state index in [4.69, 9.17) is 0 Å². The Bertz CT molecular complexity index is 229. The Balaban J connectivity index is 2.01. The number of amides is 2. The second-order valence-corrected chi connectivity index (χ2v) is 5.57. The maximum absolute atomic E-state index is 11.1. The van der Waals surface area contributed by atoms with Crippen molar-refractivity contribution in [3.8, 4) is 0 Å². The van der Waals surface area contributed by atoms with Crippen molar-refractivity contribution in [2.45, 2.75) is 37.5 Å². The predicted molar refractivity (Wildman–Crippen MR) is 57.7 cm³/mol. The first kappa shape index (κ1) is 11.5. The normalized spacial score (nSPS) is 19.9. The lowest BCUT2D eigenvalue weighted by Gasteiger charge is -2.09. The Labute approximate surface area is 87.3 Å². The molecule has 4 nitrogen and oxygen atoms in total. The van der Waals surface area contributed by atoms with Gasteiger partial charge < -0.3 is 10.6 Å². The Morgan fingerprint density at radius 2 is 2.21 bits per heavy atom. The van der Waals surface area contributed by atoms with Crippen LogP contribution in [0.3, 0.4) is 0 Å². The molecule has 1 aliphatic rings. The van der Waals surface area contributed by atoms with Crippen molar-refractivity contribution in [2.24, 2.45) is 0 Å². The van der Waals surface area contributed by atoms with E-state index >= 15 is 0 Å². The van der Waals surface area contributed by atoms with Crippen LogP contribution >= 0.6 is 0 Å². The van der Waals surface area contributed by atoms with Crippen molar-refractivity contribution in [3.63, 3.8) is 0 Å². The maximum Gasteiger partial charge on any atom is 0.315 e. The van der Waals surface area contributed by atoms with Gasteiger partial charge in [-0.15, -0.1) is 0 Å². The van der Waals surface area contributed by atoms with E-state index in [1.54, 1.807) is 6.26 Å². The number of carbonyl (C=O) groups excluding carboxylic acids is 1. The fraction of sp³-hybridized carbons (Fsp3) is 0.889. The predicted octanol–water partition coefficient (Wildman–Crippen LogP) is 0.605. The van der Waals surface area contributed by atoms with E-state index in [1.807, 2.05) is 6.92 Å². The van der Waals surface area contributed by atoms with Gasteiger partial charge in [0.15, 0.2) is 0 Å². The Morgan fingerprint density at radius 1 is 1.57 bits per heavy atom. The van der Waals surface area contributed by atoms with Gasteiger partial charge in [-0.25, -0.2) is 4.79 Å². The zero-order valence-electron chi connectivity index (χ0n) is 8.71. The molecule has 5 heteroatoms. The lowest BCUT2D eigenvalue weighted by Crippen LogP contribution is -2.38. The van der Waals surface area contributed by atoms with Crippen molar-refractivity contribution in [1.29, 1.82) is 0 Å². The zero-order chi connectivity index (χ0) is 10.6. The third kappa shape index (κ3) is 4.60. The topological polar surface area (TPSA) is 58.2 Å². The first-order chi connectivity index (χ1) is 6.59. The van der Waals surface area contributed by atoms with E-state index in [2.05, 4.69) is 10.6 Å². The summed E-state index contributed by atoms with van der Waals surface area (Å²) in [6.07, 6.45) is 4.65. The first-order valence-electron chi connectivity index (χ1n) is 4.96. The molecular weight excluding hydrogens is 200 g/mol. The minimum atomic E-state index is -0.795. The van der Waals surface area contributed by atoms with Gasteiger partial charge in [0.1, 0.15) is 0 Å². The highest BCUT2D eigenvalue weighted by molar-refractivity contribution is 7.84. The molecule has 1 aliphatic carbocycles. The monoisotopic (exact) mass is 218 g/mol. The van der Waals surface area contributed by atoms with Gasteiger partial charge in [-0.05, 0) is 19.3 Å². The summed E-state index contributed by atoms with van der Waals surface area (Å²) >= 11 is 0. The van der Waals surface area contributed by atoms with Crippen LogP contribution in [0, 0.1) is 0 Å². The quantitative estimate of drug-likeness (QED) is 0.710. The van der Waals surface area contributed by atoms with Gasteiger partial charge in [-0.3, -0.25) is 4.21 Å². The molecule has 2 atom stereocenters. The summed E-state index contributed by atoms with van der Waals surface area (Å²) in [5.41, 5.74) is 0. The molecule has 1 saturated carbocycles. The maximum atomic E-state index is 11.1. The van der Waals surface area contributed by atoms with Gasteiger partial charge in [-0.1, -0.05) is 6.92 Å². The van der Waals surface area contributed by atoms with E-state index in [0.29, 0.717) is 12.6 Å². The van der Waals surface area contributed by atoms with Crippen molar-refractivity contribution < 1.29 is 9.00 Å². The molecule has 0 aromatic rings. The molecule has 1 fully saturated rings. The van der Waals surface area contributed by atoms with Gasteiger partial charge in [0.2, 0.25) is 0 Å². The minimum absolute atomic E-state index is 0.0958. The van der Waals surface area contributed by atoms with Crippen LogP contribution in [0.15, 0.2) is 0 Å². The Hall–Kier alpha value is -0.580. The van der Waals surface area contributed by atoms with Crippen LogP contribution in [0.2, 0.25) is 0 Å². The molecule has 2 amide bonds. The van der Waals surface area contributed by atoms with Crippen molar-refractivity contribution in [2.75, 3.05) is 12.8 Å². The SMILES string of the molecule is CC(CCNC(=O)NC1CC1)S(C)=O. The number of rotatable bonds is 5. The molecule has 2 N–H and O–H groups in total. The highest BCUT2D eigenvalue weighted by atomic mass is 32.2. The molecule has 0 radical (unpaired) electrons. The number of carbonyl (C=O) groups is 1. The molecule has 0 saturated heterocycles. The third-order valence-electron chi connectivity index (χ3n) is 2.32. The Morgan fingerprint density at radius 3 is 2.71 bits per heavy atom. The van der Waals surface area contributed by atoms with Gasteiger partial charge >= 0.3 is 6.03 Å². The minimum Gasteiger partial charge on any atom is -0.338 e. The van der Waals surface area contributed by atoms with Crippen LogP contribution in [0.4, 0.5) is 4.79 Å². The summed E-state index contributed by atoms with van der Waals surface area (Å²) in [5.74, 6) is 0. The molecule has 0 bridgehead atoms. The highest BCUT2D eigenvalue weighted by Crippen LogP contribution is 2.18. The van der Waals surface area contributed by atoms with Crippen molar-refractivity contribution >= 4 is 16.8 Å². The van der Waals surface area contributed by atoms with Crippen molar-refractivity contribution in [3.05, 3.63) is 0 Å². The summed E-state index contributed by atoms with van der Waals surface area (Å²) in [5, 5.41) is 5.74. The second kappa shape index (κ2) is 5.34. The molecule has 0 heterocycles. The number of hydrogen-bond acceptors (Lipinski definition) is 2. The van der Waals surface area contributed by atoms with E-state index in [0.717, 1.165) is 19.3 Å². The van der Waals surface area contributed by atoms with Gasteiger partial charge in [0.05, 0.1) is 0 Å². The van der Waals surface area contributed by atoms with Gasteiger partial charge in [0.25, 0.3) is 0 Å². The lowest BCUT2D eigenvalue weighted by molar-refractivity contribution is 0.240. The molecule has 14 heavy (non-hydrogen) atoms. The Kier molecular flexibility index (Phi) is 4.38. The van der Waals surface area contributed by atoms with E-state index < -0.39 is 10.8 Å². The smallest absolute Gasteiger partial charge is 0.315 e. The van der Waals surface area contributed by atoms with Crippen LogP contribution < -0.4 is 10.6 Å². The summed E-state index contributed by atoms with van der Waals surface area (Å²) in [6, 6.07) is 0.300. The summed E-state index contributed by atoms with van der Waals surface area (Å²) in [7, 11) is -0.795. The molecule has 1 rings (SSSR count). The third-order valence-corrected chi connectivity index (χ3v) is 3.68. The fourth-order valence-corrected chi connectivity index (χ4v) is 1.47. The van der Waals surface area contributed by atoms with Crippen molar-refractivity contribution in [1.82, 2.24) is 10.6 Å². The van der Waals surface area contributed by atoms with Crippen LogP contribution in [0.5, 0.6) is 0 Å². The van der Waals surface area contributed by atoms with E-state index in [9.17, 15) is 9.00 Å². The van der Waals surface area contributed by atoms with Crippen LogP contribution in [0.1, 0.15) is 26.2 Å². The van der Waals surface area contributed by atoms with E-state index in [-0.39, 0.29) is 11.3 Å². The fourth-order valence-electron chi connectivity index (χ4n) is 1.02. The van der Waals surface area contributed by atoms with Crippen LogP contribution in [-0.4, -0.2) is 34.3 Å². The molecule has 82 valence electrons. The van der Waals surface area contributed by atoms with E-state index in [1.165, 1.54) is 0 Å². The average Bonchev–Trinajstić information content (AvgIpc) is 2.87. The number of nitrogens with one attached hydrogen (secondary N) is 2. The first-order valence-corrected chi connectivity index (χ1v) is 6.58. The van der Waals surface area contributed by atoms with Gasteiger partial charge in [-0.2, -0.15) is 0 Å². The van der Waals surface area contributed by atoms with Crippen LogP contribution in [0.25, 0.3) is 0 Å².